The quantitative estimate of drug-likeness (QED) is 0.569. The summed E-state index contributed by atoms with van der Waals surface area (Å²) < 4.78 is 11.7. The Hall–Kier alpha value is -2.54. The lowest BCUT2D eigenvalue weighted by Gasteiger charge is -2.35. The number of aryl methyl sites for hydroxylation is 1. The number of hydrogen-bond acceptors (Lipinski definition) is 5. The van der Waals surface area contributed by atoms with Crippen LogP contribution in [0.25, 0.3) is 22.4 Å². The van der Waals surface area contributed by atoms with E-state index in [4.69, 9.17) is 21.1 Å². The fourth-order valence-corrected chi connectivity index (χ4v) is 4.28. The van der Waals surface area contributed by atoms with Crippen molar-refractivity contribution in [2.24, 2.45) is 0 Å². The van der Waals surface area contributed by atoms with Crippen molar-refractivity contribution in [3.8, 4) is 33.9 Å². The number of aromatic amines is 1. The van der Waals surface area contributed by atoms with Crippen LogP contribution in [0.3, 0.4) is 0 Å². The number of phenols is 1. The van der Waals surface area contributed by atoms with Gasteiger partial charge in [0.15, 0.2) is 0 Å². The van der Waals surface area contributed by atoms with E-state index in [1.165, 1.54) is 0 Å². The number of H-pyrrole nitrogens is 1. The van der Waals surface area contributed by atoms with E-state index in [0.29, 0.717) is 28.6 Å². The summed E-state index contributed by atoms with van der Waals surface area (Å²) in [6.07, 6.45) is 0.471. The van der Waals surface area contributed by atoms with Crippen LogP contribution in [0.4, 0.5) is 0 Å². The molecule has 0 spiro atoms. The van der Waals surface area contributed by atoms with Crippen molar-refractivity contribution in [2.45, 2.75) is 33.0 Å². The van der Waals surface area contributed by atoms with Crippen LogP contribution in [0.5, 0.6) is 11.5 Å². The van der Waals surface area contributed by atoms with Gasteiger partial charge in [0.05, 0.1) is 12.2 Å². The highest BCUT2D eigenvalue weighted by atomic mass is 35.5. The molecule has 6 nitrogen and oxygen atoms in total. The van der Waals surface area contributed by atoms with Crippen molar-refractivity contribution in [3.05, 3.63) is 53.2 Å². The highest BCUT2D eigenvalue weighted by Crippen LogP contribution is 2.38. The first kappa shape index (κ1) is 21.7. The monoisotopic (exact) mass is 441 g/mol. The number of phenolic OH excluding ortho intramolecular Hbond substituents is 1. The van der Waals surface area contributed by atoms with Crippen molar-refractivity contribution in [2.75, 3.05) is 26.2 Å². The van der Waals surface area contributed by atoms with Crippen molar-refractivity contribution in [1.82, 2.24) is 15.1 Å². The third kappa shape index (κ3) is 5.03. The van der Waals surface area contributed by atoms with E-state index in [2.05, 4.69) is 28.9 Å². The van der Waals surface area contributed by atoms with Crippen LogP contribution in [-0.2, 0) is 4.74 Å². The Kier molecular flexibility index (Phi) is 6.51. The molecule has 31 heavy (non-hydrogen) atoms. The van der Waals surface area contributed by atoms with E-state index in [0.717, 1.165) is 36.5 Å². The molecule has 1 fully saturated rings. The summed E-state index contributed by atoms with van der Waals surface area (Å²) in [7, 11) is 0. The lowest BCUT2D eigenvalue weighted by Crippen LogP contribution is -2.46. The Morgan fingerprint density at radius 2 is 1.87 bits per heavy atom. The van der Waals surface area contributed by atoms with Crippen LogP contribution in [0, 0.1) is 6.92 Å². The molecule has 1 aliphatic rings. The minimum Gasteiger partial charge on any atom is -0.507 e. The van der Waals surface area contributed by atoms with Crippen LogP contribution >= 0.6 is 11.6 Å². The van der Waals surface area contributed by atoms with E-state index < -0.39 is 0 Å². The van der Waals surface area contributed by atoms with Gasteiger partial charge in [-0.25, -0.2) is 0 Å². The van der Waals surface area contributed by atoms with Gasteiger partial charge in [0.1, 0.15) is 23.8 Å². The van der Waals surface area contributed by atoms with Gasteiger partial charge in [-0.1, -0.05) is 23.7 Å². The average Bonchev–Trinajstić information content (AvgIpc) is 3.09. The third-order valence-electron chi connectivity index (χ3n) is 5.48. The first-order valence-corrected chi connectivity index (χ1v) is 10.9. The van der Waals surface area contributed by atoms with Crippen molar-refractivity contribution in [1.29, 1.82) is 0 Å². The molecule has 0 amide bonds. The molecule has 0 saturated carbocycles. The largest absolute Gasteiger partial charge is 0.507 e. The second kappa shape index (κ2) is 9.30. The van der Waals surface area contributed by atoms with E-state index in [-0.39, 0.29) is 18.0 Å². The second-order valence-corrected chi connectivity index (χ2v) is 8.56. The predicted molar refractivity (Wildman–Crippen MR) is 123 cm³/mol. The highest BCUT2D eigenvalue weighted by molar-refractivity contribution is 6.30. The molecule has 1 aromatic heterocycles. The Bertz CT molecular complexity index is 1030. The van der Waals surface area contributed by atoms with Crippen molar-refractivity contribution >= 4 is 11.6 Å². The van der Waals surface area contributed by atoms with Gasteiger partial charge in [0, 0.05) is 47.5 Å². The van der Waals surface area contributed by atoms with E-state index >= 15 is 0 Å². The van der Waals surface area contributed by atoms with Gasteiger partial charge in [-0.05, 0) is 50.6 Å². The number of nitrogens with zero attached hydrogens (tertiary/aromatic N) is 2. The zero-order valence-corrected chi connectivity index (χ0v) is 18.8. The molecular weight excluding hydrogens is 414 g/mol. The molecule has 164 valence electrons. The molecule has 2 heterocycles. The predicted octanol–water partition coefficient (Wildman–Crippen LogP) is 4.90. The molecule has 0 bridgehead atoms. The average molecular weight is 442 g/mol. The minimum absolute atomic E-state index is 0.132. The number of aromatic hydroxyl groups is 1. The maximum Gasteiger partial charge on any atom is 0.128 e. The Morgan fingerprint density at radius 1 is 1.16 bits per heavy atom. The fourth-order valence-electron chi connectivity index (χ4n) is 4.15. The SMILES string of the molecule is Cc1[nH]nc(-c2ccc(OCCN3CC(C)OC(C)C3)cc2O)c1-c1ccc(Cl)cc1. The van der Waals surface area contributed by atoms with Crippen LogP contribution < -0.4 is 4.74 Å². The first-order valence-electron chi connectivity index (χ1n) is 10.6. The number of halogens is 1. The lowest BCUT2D eigenvalue weighted by molar-refractivity contribution is -0.0699. The maximum absolute atomic E-state index is 10.7. The van der Waals surface area contributed by atoms with Crippen molar-refractivity contribution < 1.29 is 14.6 Å². The Balaban J connectivity index is 1.47. The summed E-state index contributed by atoms with van der Waals surface area (Å²) in [6, 6.07) is 13.0. The van der Waals surface area contributed by atoms with Crippen LogP contribution in [-0.4, -0.2) is 58.7 Å². The zero-order valence-electron chi connectivity index (χ0n) is 18.1. The second-order valence-electron chi connectivity index (χ2n) is 8.12. The molecule has 2 aromatic carbocycles. The molecule has 1 saturated heterocycles. The zero-order chi connectivity index (χ0) is 22.0. The number of benzene rings is 2. The number of aromatic nitrogens is 2. The Morgan fingerprint density at radius 3 is 2.55 bits per heavy atom. The van der Waals surface area contributed by atoms with Gasteiger partial charge in [-0.3, -0.25) is 10.00 Å². The fraction of sp³-hybridized carbons (Fsp3) is 0.375. The van der Waals surface area contributed by atoms with Gasteiger partial charge in [-0.15, -0.1) is 0 Å². The summed E-state index contributed by atoms with van der Waals surface area (Å²) in [5, 5.41) is 18.8. The maximum atomic E-state index is 10.7. The van der Waals surface area contributed by atoms with E-state index in [1.54, 1.807) is 6.07 Å². The molecule has 4 rings (SSSR count). The van der Waals surface area contributed by atoms with Gasteiger partial charge < -0.3 is 14.6 Å². The summed E-state index contributed by atoms with van der Waals surface area (Å²) in [5.41, 5.74) is 4.19. The molecule has 0 aliphatic carbocycles. The molecular formula is C24H28ClN3O3. The van der Waals surface area contributed by atoms with Gasteiger partial charge in [0.2, 0.25) is 0 Å². The number of nitrogens with one attached hydrogen (secondary N) is 1. The van der Waals surface area contributed by atoms with E-state index in [9.17, 15) is 5.11 Å². The number of morpholine rings is 1. The van der Waals surface area contributed by atoms with Crippen LogP contribution in [0.15, 0.2) is 42.5 Å². The molecule has 0 radical (unpaired) electrons. The summed E-state index contributed by atoms with van der Waals surface area (Å²) in [6.45, 7) is 9.33. The molecule has 2 atom stereocenters. The Labute approximate surface area is 187 Å². The highest BCUT2D eigenvalue weighted by Gasteiger charge is 2.22. The summed E-state index contributed by atoms with van der Waals surface area (Å²) in [4.78, 5) is 2.35. The first-order chi connectivity index (χ1) is 14.9. The molecule has 2 N–H and O–H groups in total. The summed E-state index contributed by atoms with van der Waals surface area (Å²) >= 11 is 6.03. The molecule has 1 aliphatic heterocycles. The smallest absolute Gasteiger partial charge is 0.128 e. The van der Waals surface area contributed by atoms with Gasteiger partial charge in [-0.2, -0.15) is 5.10 Å². The van der Waals surface area contributed by atoms with E-state index in [1.807, 2.05) is 43.3 Å². The van der Waals surface area contributed by atoms with Gasteiger partial charge >= 0.3 is 0 Å². The van der Waals surface area contributed by atoms with Crippen LogP contribution in [0.1, 0.15) is 19.5 Å². The molecule has 2 unspecified atom stereocenters. The lowest BCUT2D eigenvalue weighted by atomic mass is 9.99. The van der Waals surface area contributed by atoms with Crippen LogP contribution in [0.2, 0.25) is 5.02 Å². The normalized spacial score (nSPS) is 19.5. The minimum atomic E-state index is 0.132. The van der Waals surface area contributed by atoms with Crippen molar-refractivity contribution in [3.63, 3.8) is 0 Å². The number of hydrogen-bond donors (Lipinski definition) is 2. The standard InChI is InChI=1S/C24H28ClN3O3/c1-15-13-28(14-16(2)31-15)10-11-30-20-8-9-21(22(29)12-20)24-23(17(3)26-27-24)18-4-6-19(25)7-5-18/h4-9,12,15-16,29H,10-11,13-14H2,1-3H3,(H,26,27). The topological polar surface area (TPSA) is 70.6 Å². The number of ether oxygens (including phenoxy) is 2. The van der Waals surface area contributed by atoms with Gasteiger partial charge in [0.25, 0.3) is 0 Å². The molecule has 7 heteroatoms. The molecule has 3 aromatic rings. The summed E-state index contributed by atoms with van der Waals surface area (Å²) in [5.74, 6) is 0.767. The third-order valence-corrected chi connectivity index (χ3v) is 5.73. The number of rotatable bonds is 6.